The molecule has 7 heteroatoms. The maximum absolute atomic E-state index is 11.1. The van der Waals surface area contributed by atoms with E-state index in [1.807, 2.05) is 0 Å². The van der Waals surface area contributed by atoms with Gasteiger partial charge < -0.3 is 5.11 Å². The number of aromatic nitrogens is 3. The summed E-state index contributed by atoms with van der Waals surface area (Å²) in [5.74, 6) is -0.709. The Kier molecular flexibility index (Phi) is 3.08. The molecule has 100 valence electrons. The van der Waals surface area contributed by atoms with E-state index >= 15 is 0 Å². The zero-order valence-corrected chi connectivity index (χ0v) is 11.4. The molecule has 0 bridgehead atoms. The Bertz CT molecular complexity index is 809. The number of aromatic carboxylic acids is 1. The number of benzene rings is 1. The highest BCUT2D eigenvalue weighted by molar-refractivity contribution is 6.35. The molecule has 5 nitrogen and oxygen atoms in total. The second-order valence-corrected chi connectivity index (χ2v) is 4.95. The first kappa shape index (κ1) is 12.9. The average molecular weight is 308 g/mol. The highest BCUT2D eigenvalue weighted by Gasteiger charge is 2.13. The summed E-state index contributed by atoms with van der Waals surface area (Å²) in [5, 5.41) is 14.2. The molecule has 0 spiro atoms. The lowest BCUT2D eigenvalue weighted by Gasteiger charge is -1.98. The summed E-state index contributed by atoms with van der Waals surface area (Å²) in [7, 11) is 0. The van der Waals surface area contributed by atoms with Gasteiger partial charge in [-0.2, -0.15) is 0 Å². The number of pyridine rings is 1. The first-order valence-corrected chi connectivity index (χ1v) is 6.36. The van der Waals surface area contributed by atoms with Gasteiger partial charge in [-0.1, -0.05) is 29.3 Å². The topological polar surface area (TPSA) is 67.5 Å². The third kappa shape index (κ3) is 2.21. The van der Waals surface area contributed by atoms with Crippen LogP contribution in [0.25, 0.3) is 17.0 Å². The molecular weight excluding hydrogens is 301 g/mol. The molecular formula is C13H7Cl2N3O2. The number of halogens is 2. The van der Waals surface area contributed by atoms with Crippen molar-refractivity contribution in [3.8, 4) is 11.4 Å². The van der Waals surface area contributed by atoms with Crippen molar-refractivity contribution in [3.05, 3.63) is 52.1 Å². The predicted octanol–water partition coefficient (Wildman–Crippen LogP) is 3.40. The van der Waals surface area contributed by atoms with Gasteiger partial charge in [0.25, 0.3) is 0 Å². The van der Waals surface area contributed by atoms with Crippen molar-refractivity contribution >= 4 is 34.8 Å². The fourth-order valence-electron chi connectivity index (χ4n) is 1.87. The Labute approximate surface area is 123 Å². The molecule has 3 rings (SSSR count). The molecule has 0 aliphatic carbocycles. The maximum Gasteiger partial charge on any atom is 0.354 e. The van der Waals surface area contributed by atoms with Gasteiger partial charge >= 0.3 is 5.97 Å². The first-order valence-electron chi connectivity index (χ1n) is 5.60. The third-order valence-electron chi connectivity index (χ3n) is 2.70. The van der Waals surface area contributed by atoms with E-state index in [4.69, 9.17) is 28.3 Å². The molecule has 0 aliphatic heterocycles. The van der Waals surface area contributed by atoms with Gasteiger partial charge in [0.05, 0.1) is 0 Å². The fraction of sp³-hybridized carbons (Fsp3) is 0. The van der Waals surface area contributed by atoms with Crippen LogP contribution in [0.2, 0.25) is 10.0 Å². The zero-order chi connectivity index (χ0) is 14.3. The van der Waals surface area contributed by atoms with Crippen molar-refractivity contribution < 1.29 is 9.90 Å². The predicted molar refractivity (Wildman–Crippen MR) is 75.4 cm³/mol. The Morgan fingerprint density at radius 1 is 1.15 bits per heavy atom. The average Bonchev–Trinajstić information content (AvgIpc) is 2.80. The van der Waals surface area contributed by atoms with E-state index in [2.05, 4.69) is 10.1 Å². The minimum atomic E-state index is -1.07. The van der Waals surface area contributed by atoms with E-state index in [0.717, 1.165) is 0 Å². The minimum absolute atomic E-state index is 0.0365. The van der Waals surface area contributed by atoms with E-state index in [0.29, 0.717) is 27.1 Å². The van der Waals surface area contributed by atoms with Gasteiger partial charge in [-0.3, -0.25) is 0 Å². The van der Waals surface area contributed by atoms with Crippen LogP contribution >= 0.6 is 23.2 Å². The third-order valence-corrected chi connectivity index (χ3v) is 3.14. The zero-order valence-electron chi connectivity index (χ0n) is 9.92. The van der Waals surface area contributed by atoms with Crippen molar-refractivity contribution in [1.82, 2.24) is 14.6 Å². The quantitative estimate of drug-likeness (QED) is 0.788. The molecule has 1 aromatic carbocycles. The number of hydrogen-bond acceptors (Lipinski definition) is 3. The lowest BCUT2D eigenvalue weighted by atomic mass is 10.2. The standard InChI is InChI=1S/C13H7Cl2N3O2/c14-8-4-7(5-9(15)6-8)12-16-11-3-1-2-10(13(19)20)18(11)17-12/h1-6H,(H,19,20). The van der Waals surface area contributed by atoms with Gasteiger partial charge in [-0.25, -0.2) is 14.3 Å². The van der Waals surface area contributed by atoms with Gasteiger partial charge in [-0.05, 0) is 30.3 Å². The lowest BCUT2D eigenvalue weighted by molar-refractivity contribution is 0.0687. The van der Waals surface area contributed by atoms with Crippen LogP contribution in [-0.2, 0) is 0 Å². The monoisotopic (exact) mass is 307 g/mol. The molecule has 20 heavy (non-hydrogen) atoms. The van der Waals surface area contributed by atoms with Gasteiger partial charge in [0.1, 0.15) is 0 Å². The summed E-state index contributed by atoms with van der Waals surface area (Å²) >= 11 is 11.9. The van der Waals surface area contributed by atoms with Crippen molar-refractivity contribution in [1.29, 1.82) is 0 Å². The summed E-state index contributed by atoms with van der Waals surface area (Å²) in [6, 6.07) is 9.69. The Balaban J connectivity index is 2.23. The lowest BCUT2D eigenvalue weighted by Crippen LogP contribution is -2.05. The first-order chi connectivity index (χ1) is 9.54. The van der Waals surface area contributed by atoms with Crippen molar-refractivity contribution in [2.24, 2.45) is 0 Å². The molecule has 0 amide bonds. The number of carboxylic acids is 1. The number of carboxylic acid groups (broad SMARTS) is 1. The summed E-state index contributed by atoms with van der Waals surface area (Å²) in [5.41, 5.74) is 1.10. The second-order valence-electron chi connectivity index (χ2n) is 4.08. The summed E-state index contributed by atoms with van der Waals surface area (Å²) < 4.78 is 1.27. The van der Waals surface area contributed by atoms with Gasteiger partial charge in [0, 0.05) is 15.6 Å². The number of carbonyl (C=O) groups is 1. The van der Waals surface area contributed by atoms with Crippen LogP contribution in [0.1, 0.15) is 10.5 Å². The van der Waals surface area contributed by atoms with Crippen LogP contribution in [0, 0.1) is 0 Å². The molecule has 0 saturated carbocycles. The molecule has 0 aliphatic rings. The smallest absolute Gasteiger partial charge is 0.354 e. The van der Waals surface area contributed by atoms with E-state index in [-0.39, 0.29) is 5.69 Å². The SMILES string of the molecule is O=C(O)c1cccc2nc(-c3cc(Cl)cc(Cl)c3)nn12. The van der Waals surface area contributed by atoms with Gasteiger partial charge in [0.15, 0.2) is 17.2 Å². The summed E-state index contributed by atoms with van der Waals surface area (Å²) in [6.07, 6.45) is 0. The Hall–Kier alpha value is -2.11. The van der Waals surface area contributed by atoms with Crippen molar-refractivity contribution in [2.45, 2.75) is 0 Å². The molecule has 1 N–H and O–H groups in total. The molecule has 0 atom stereocenters. The molecule has 0 saturated heterocycles. The van der Waals surface area contributed by atoms with E-state index < -0.39 is 5.97 Å². The molecule has 0 radical (unpaired) electrons. The maximum atomic E-state index is 11.1. The number of hydrogen-bond donors (Lipinski definition) is 1. The van der Waals surface area contributed by atoms with Crippen LogP contribution in [0.5, 0.6) is 0 Å². The van der Waals surface area contributed by atoms with Gasteiger partial charge in [0.2, 0.25) is 0 Å². The highest BCUT2D eigenvalue weighted by Crippen LogP contribution is 2.25. The summed E-state index contributed by atoms with van der Waals surface area (Å²) in [4.78, 5) is 15.4. The molecule has 0 unspecified atom stereocenters. The number of fused-ring (bicyclic) bond motifs is 1. The largest absolute Gasteiger partial charge is 0.477 e. The number of nitrogens with zero attached hydrogens (tertiary/aromatic N) is 3. The fourth-order valence-corrected chi connectivity index (χ4v) is 2.40. The van der Waals surface area contributed by atoms with Crippen molar-refractivity contribution in [2.75, 3.05) is 0 Å². The van der Waals surface area contributed by atoms with Crippen LogP contribution in [0.15, 0.2) is 36.4 Å². The molecule has 3 aromatic rings. The Morgan fingerprint density at radius 2 is 1.85 bits per heavy atom. The molecule has 2 aromatic heterocycles. The highest BCUT2D eigenvalue weighted by atomic mass is 35.5. The Morgan fingerprint density at radius 3 is 2.50 bits per heavy atom. The van der Waals surface area contributed by atoms with Crippen LogP contribution in [0.3, 0.4) is 0 Å². The van der Waals surface area contributed by atoms with E-state index in [1.165, 1.54) is 10.6 Å². The van der Waals surface area contributed by atoms with Crippen molar-refractivity contribution in [3.63, 3.8) is 0 Å². The van der Waals surface area contributed by atoms with E-state index in [9.17, 15) is 4.79 Å². The summed E-state index contributed by atoms with van der Waals surface area (Å²) in [6.45, 7) is 0. The normalized spacial score (nSPS) is 10.9. The molecule has 0 fully saturated rings. The van der Waals surface area contributed by atoms with E-state index in [1.54, 1.807) is 30.3 Å². The van der Waals surface area contributed by atoms with Crippen LogP contribution in [0.4, 0.5) is 0 Å². The minimum Gasteiger partial charge on any atom is -0.477 e. The number of rotatable bonds is 2. The van der Waals surface area contributed by atoms with Crippen LogP contribution < -0.4 is 0 Å². The molecule has 2 heterocycles. The van der Waals surface area contributed by atoms with Crippen LogP contribution in [-0.4, -0.2) is 25.7 Å². The van der Waals surface area contributed by atoms with Gasteiger partial charge in [-0.15, -0.1) is 5.10 Å². The second kappa shape index (κ2) is 4.77.